The molecule has 0 N–H and O–H groups in total. The standard InChI is InChI=1S/C23H28N2O/c1-17(2)15-24-13-11-19(16-24)23(26)25-14-12-21-20(9-6-10-22(21)25)18-7-4-3-5-8-18/h3-10,17,19H,11-16H2,1-2H3/t19-/m0/s1. The summed E-state index contributed by atoms with van der Waals surface area (Å²) < 4.78 is 0. The molecule has 1 fully saturated rings. The lowest BCUT2D eigenvalue weighted by atomic mass is 9.98. The molecule has 3 nitrogen and oxygen atoms in total. The smallest absolute Gasteiger partial charge is 0.231 e. The van der Waals surface area contributed by atoms with Gasteiger partial charge in [-0.15, -0.1) is 0 Å². The van der Waals surface area contributed by atoms with Crippen LogP contribution in [0.3, 0.4) is 0 Å². The van der Waals surface area contributed by atoms with E-state index in [2.05, 4.69) is 61.2 Å². The third kappa shape index (κ3) is 3.28. The number of benzene rings is 2. The van der Waals surface area contributed by atoms with Gasteiger partial charge in [-0.3, -0.25) is 4.79 Å². The molecule has 0 aromatic heterocycles. The Bertz CT molecular complexity index is 784. The molecule has 4 rings (SSSR count). The fraction of sp³-hybridized carbons (Fsp3) is 0.435. The van der Waals surface area contributed by atoms with Crippen LogP contribution in [0.25, 0.3) is 11.1 Å². The summed E-state index contributed by atoms with van der Waals surface area (Å²) in [5.74, 6) is 1.13. The Morgan fingerprint density at radius 3 is 2.65 bits per heavy atom. The Hall–Kier alpha value is -2.13. The summed E-state index contributed by atoms with van der Waals surface area (Å²) >= 11 is 0. The van der Waals surface area contributed by atoms with E-state index in [1.54, 1.807) is 0 Å². The van der Waals surface area contributed by atoms with Crippen molar-refractivity contribution in [3.05, 3.63) is 54.1 Å². The first-order chi connectivity index (χ1) is 12.6. The van der Waals surface area contributed by atoms with Crippen LogP contribution >= 0.6 is 0 Å². The van der Waals surface area contributed by atoms with Crippen LogP contribution in [0.2, 0.25) is 0 Å². The number of amides is 1. The highest BCUT2D eigenvalue weighted by atomic mass is 16.2. The summed E-state index contributed by atoms with van der Waals surface area (Å²) in [6, 6.07) is 16.9. The quantitative estimate of drug-likeness (QED) is 0.826. The maximum Gasteiger partial charge on any atom is 0.231 e. The summed E-state index contributed by atoms with van der Waals surface area (Å²) in [5.41, 5.74) is 4.96. The van der Waals surface area contributed by atoms with Crippen molar-refractivity contribution in [2.75, 3.05) is 31.1 Å². The molecule has 3 heteroatoms. The van der Waals surface area contributed by atoms with Crippen LogP contribution in [0.4, 0.5) is 5.69 Å². The molecule has 0 unspecified atom stereocenters. The molecule has 1 atom stereocenters. The predicted octanol–water partition coefficient (Wildman–Crippen LogP) is 4.22. The molecular weight excluding hydrogens is 320 g/mol. The highest BCUT2D eigenvalue weighted by Gasteiger charge is 2.35. The lowest BCUT2D eigenvalue weighted by Gasteiger charge is -2.23. The van der Waals surface area contributed by atoms with Gasteiger partial charge < -0.3 is 9.80 Å². The van der Waals surface area contributed by atoms with Gasteiger partial charge in [-0.25, -0.2) is 0 Å². The third-order valence-corrected chi connectivity index (χ3v) is 5.62. The van der Waals surface area contributed by atoms with Gasteiger partial charge in [0.25, 0.3) is 0 Å². The molecule has 0 bridgehead atoms. The van der Waals surface area contributed by atoms with Gasteiger partial charge >= 0.3 is 0 Å². The van der Waals surface area contributed by atoms with Gasteiger partial charge in [0.1, 0.15) is 0 Å². The van der Waals surface area contributed by atoms with Gasteiger partial charge in [-0.1, -0.05) is 56.3 Å². The van der Waals surface area contributed by atoms with Gasteiger partial charge in [0, 0.05) is 25.3 Å². The molecule has 0 radical (unpaired) electrons. The zero-order valence-corrected chi connectivity index (χ0v) is 15.8. The second-order valence-corrected chi connectivity index (χ2v) is 8.05. The van der Waals surface area contributed by atoms with Crippen LogP contribution in [-0.4, -0.2) is 37.0 Å². The summed E-state index contributed by atoms with van der Waals surface area (Å²) in [7, 11) is 0. The van der Waals surface area contributed by atoms with E-state index in [0.29, 0.717) is 11.8 Å². The van der Waals surface area contributed by atoms with Crippen molar-refractivity contribution in [1.82, 2.24) is 4.90 Å². The molecule has 2 aromatic carbocycles. The average Bonchev–Trinajstić information content (AvgIpc) is 3.28. The Kier molecular flexibility index (Phi) is 4.82. The van der Waals surface area contributed by atoms with Gasteiger partial charge in [0.15, 0.2) is 0 Å². The summed E-state index contributed by atoms with van der Waals surface area (Å²) in [5, 5.41) is 0. The second kappa shape index (κ2) is 7.24. The summed E-state index contributed by atoms with van der Waals surface area (Å²) in [4.78, 5) is 17.7. The van der Waals surface area contributed by atoms with E-state index in [4.69, 9.17) is 0 Å². The lowest BCUT2D eigenvalue weighted by Crippen LogP contribution is -2.36. The number of likely N-dealkylation sites (tertiary alicyclic amines) is 1. The highest BCUT2D eigenvalue weighted by molar-refractivity contribution is 5.98. The largest absolute Gasteiger partial charge is 0.312 e. The Labute approximate surface area is 156 Å². The maximum absolute atomic E-state index is 13.2. The Morgan fingerprint density at radius 1 is 1.08 bits per heavy atom. The van der Waals surface area contributed by atoms with E-state index in [9.17, 15) is 4.79 Å². The lowest BCUT2D eigenvalue weighted by molar-refractivity contribution is -0.121. The van der Waals surface area contributed by atoms with E-state index in [0.717, 1.165) is 44.7 Å². The van der Waals surface area contributed by atoms with Gasteiger partial charge in [0.2, 0.25) is 5.91 Å². The molecule has 136 valence electrons. The van der Waals surface area contributed by atoms with Crippen molar-refractivity contribution >= 4 is 11.6 Å². The second-order valence-electron chi connectivity index (χ2n) is 8.05. The monoisotopic (exact) mass is 348 g/mol. The van der Waals surface area contributed by atoms with Crippen molar-refractivity contribution in [3.8, 4) is 11.1 Å². The average molecular weight is 348 g/mol. The first-order valence-corrected chi connectivity index (χ1v) is 9.84. The number of hydrogen-bond donors (Lipinski definition) is 0. The molecular formula is C23H28N2O. The maximum atomic E-state index is 13.2. The van der Waals surface area contributed by atoms with Crippen LogP contribution in [0.15, 0.2) is 48.5 Å². The number of fused-ring (bicyclic) bond motifs is 1. The number of nitrogens with zero attached hydrogens (tertiary/aromatic N) is 2. The Morgan fingerprint density at radius 2 is 1.88 bits per heavy atom. The van der Waals surface area contributed by atoms with Crippen LogP contribution < -0.4 is 4.90 Å². The fourth-order valence-corrected chi connectivity index (χ4v) is 4.49. The minimum atomic E-state index is 0.153. The molecule has 2 heterocycles. The number of hydrogen-bond acceptors (Lipinski definition) is 2. The van der Waals surface area contributed by atoms with Gasteiger partial charge in [-0.05, 0) is 48.1 Å². The molecule has 2 aliphatic heterocycles. The van der Waals surface area contributed by atoms with Crippen LogP contribution in [0.5, 0.6) is 0 Å². The molecule has 2 aliphatic rings. The van der Waals surface area contributed by atoms with E-state index in [-0.39, 0.29) is 5.92 Å². The first kappa shape index (κ1) is 17.3. The molecule has 0 saturated carbocycles. The molecule has 1 saturated heterocycles. The minimum Gasteiger partial charge on any atom is -0.312 e. The van der Waals surface area contributed by atoms with Gasteiger partial charge in [-0.2, -0.15) is 0 Å². The summed E-state index contributed by atoms with van der Waals surface area (Å²) in [6.07, 6.45) is 1.95. The molecule has 26 heavy (non-hydrogen) atoms. The summed E-state index contributed by atoms with van der Waals surface area (Å²) in [6.45, 7) is 8.38. The van der Waals surface area contributed by atoms with Crippen molar-refractivity contribution in [2.24, 2.45) is 11.8 Å². The zero-order chi connectivity index (χ0) is 18.1. The number of carbonyl (C=O) groups excluding carboxylic acids is 1. The molecule has 1 amide bonds. The number of rotatable bonds is 4. The Balaban J connectivity index is 1.54. The van der Waals surface area contributed by atoms with Gasteiger partial charge in [0.05, 0.1) is 5.92 Å². The van der Waals surface area contributed by atoms with Crippen molar-refractivity contribution in [2.45, 2.75) is 26.7 Å². The molecule has 2 aromatic rings. The topological polar surface area (TPSA) is 23.6 Å². The number of anilines is 1. The van der Waals surface area contributed by atoms with Crippen molar-refractivity contribution in [1.29, 1.82) is 0 Å². The number of carbonyl (C=O) groups is 1. The van der Waals surface area contributed by atoms with E-state index < -0.39 is 0 Å². The van der Waals surface area contributed by atoms with Crippen LogP contribution in [0, 0.1) is 11.8 Å². The van der Waals surface area contributed by atoms with Crippen molar-refractivity contribution < 1.29 is 4.79 Å². The van der Waals surface area contributed by atoms with Crippen molar-refractivity contribution in [3.63, 3.8) is 0 Å². The van der Waals surface area contributed by atoms with E-state index in [1.165, 1.54) is 16.7 Å². The normalized spacial score (nSPS) is 20.0. The van der Waals surface area contributed by atoms with E-state index >= 15 is 0 Å². The SMILES string of the molecule is CC(C)CN1CC[C@H](C(=O)N2CCc3c(-c4ccccc4)cccc32)C1. The molecule has 0 aliphatic carbocycles. The minimum absolute atomic E-state index is 0.153. The third-order valence-electron chi connectivity index (χ3n) is 5.62. The van der Waals surface area contributed by atoms with Crippen LogP contribution in [-0.2, 0) is 11.2 Å². The first-order valence-electron chi connectivity index (χ1n) is 9.84. The fourth-order valence-electron chi connectivity index (χ4n) is 4.49. The van der Waals surface area contributed by atoms with Crippen LogP contribution in [0.1, 0.15) is 25.8 Å². The van der Waals surface area contributed by atoms with E-state index in [1.807, 2.05) is 11.0 Å². The predicted molar refractivity (Wildman–Crippen MR) is 107 cm³/mol. The molecule has 0 spiro atoms. The zero-order valence-electron chi connectivity index (χ0n) is 15.8. The highest BCUT2D eigenvalue weighted by Crippen LogP contribution is 2.37.